The van der Waals surface area contributed by atoms with Gasteiger partial charge in [0, 0.05) is 26.1 Å². The lowest BCUT2D eigenvalue weighted by molar-refractivity contribution is -0.164. The van der Waals surface area contributed by atoms with Crippen LogP contribution in [0.2, 0.25) is 0 Å². The van der Waals surface area contributed by atoms with Gasteiger partial charge in [-0.3, -0.25) is 9.59 Å². The van der Waals surface area contributed by atoms with E-state index in [-0.39, 0.29) is 18.2 Å². The van der Waals surface area contributed by atoms with E-state index >= 15 is 0 Å². The molecule has 1 aliphatic carbocycles. The smallest absolute Gasteiger partial charge is 0.307 e. The highest BCUT2D eigenvalue weighted by molar-refractivity contribution is 5.70. The zero-order valence-corrected chi connectivity index (χ0v) is 20.1. The Balaban J connectivity index is 1.72. The van der Waals surface area contributed by atoms with Crippen LogP contribution in [-0.4, -0.2) is 68.2 Å². The van der Waals surface area contributed by atoms with Crippen LogP contribution in [0.1, 0.15) is 72.1 Å². The number of carbonyl (C=O) groups is 2. The monoisotopic (exact) mass is 451 g/mol. The average molecular weight is 452 g/mol. The highest BCUT2D eigenvalue weighted by Crippen LogP contribution is 2.14. The van der Waals surface area contributed by atoms with E-state index in [2.05, 4.69) is 17.1 Å². The fraction of sp³-hybridized carbons (Fsp3) is 0.760. The topological polar surface area (TPSA) is 74.3 Å². The molecule has 0 aromatic rings. The van der Waals surface area contributed by atoms with Crippen molar-refractivity contribution >= 4 is 11.9 Å². The minimum atomic E-state index is -0.475. The molecule has 0 aromatic heterocycles. The lowest BCUT2D eigenvalue weighted by Crippen LogP contribution is -2.34. The fourth-order valence-electron chi connectivity index (χ4n) is 3.59. The standard InChI is InChI=1S/C25H41NO6/c1-25(2,3)32-23(28)12-9-15-26(17-19-30-24-13-7-8-18-29-24)16-14-22(27)31-20-21-10-5-4-6-11-21/h5,10-11,24H,4,6-9,12-20H2,1-3H3. The quantitative estimate of drug-likeness (QED) is 0.389. The van der Waals surface area contributed by atoms with Gasteiger partial charge in [0.15, 0.2) is 6.29 Å². The van der Waals surface area contributed by atoms with Gasteiger partial charge in [0.2, 0.25) is 0 Å². The molecule has 0 N–H and O–H groups in total. The molecule has 1 atom stereocenters. The van der Waals surface area contributed by atoms with Gasteiger partial charge in [-0.05, 0) is 71.4 Å². The lowest BCUT2D eigenvalue weighted by Gasteiger charge is -2.26. The van der Waals surface area contributed by atoms with E-state index < -0.39 is 5.60 Å². The minimum absolute atomic E-state index is 0.130. The first kappa shape index (κ1) is 26.6. The minimum Gasteiger partial charge on any atom is -0.461 e. The van der Waals surface area contributed by atoms with Crippen LogP contribution in [0.4, 0.5) is 0 Å². The Labute approximate surface area is 193 Å². The number of esters is 2. The molecule has 182 valence electrons. The lowest BCUT2D eigenvalue weighted by atomic mass is 10.1. The van der Waals surface area contributed by atoms with Crippen LogP contribution in [-0.2, 0) is 28.5 Å². The molecule has 2 aliphatic rings. The summed E-state index contributed by atoms with van der Waals surface area (Å²) < 4.78 is 22.3. The molecule has 7 nitrogen and oxygen atoms in total. The molecule has 1 unspecified atom stereocenters. The van der Waals surface area contributed by atoms with E-state index in [9.17, 15) is 9.59 Å². The summed E-state index contributed by atoms with van der Waals surface area (Å²) in [6.45, 7) is 9.15. The third-order valence-corrected chi connectivity index (χ3v) is 5.23. The molecule has 0 saturated carbocycles. The van der Waals surface area contributed by atoms with Gasteiger partial charge in [-0.15, -0.1) is 0 Å². The van der Waals surface area contributed by atoms with Crippen LogP contribution >= 0.6 is 0 Å². The Kier molecular flexibility index (Phi) is 12.0. The van der Waals surface area contributed by atoms with Crippen molar-refractivity contribution in [3.8, 4) is 0 Å². The molecular weight excluding hydrogens is 410 g/mol. The maximum Gasteiger partial charge on any atom is 0.307 e. The van der Waals surface area contributed by atoms with Crippen molar-refractivity contribution in [3.63, 3.8) is 0 Å². The van der Waals surface area contributed by atoms with Crippen molar-refractivity contribution in [1.82, 2.24) is 4.90 Å². The molecule has 1 heterocycles. The summed E-state index contributed by atoms with van der Waals surface area (Å²) in [4.78, 5) is 26.4. The van der Waals surface area contributed by atoms with Gasteiger partial charge >= 0.3 is 11.9 Å². The number of hydrogen-bond acceptors (Lipinski definition) is 7. The summed E-state index contributed by atoms with van der Waals surface area (Å²) in [5.41, 5.74) is 0.580. The van der Waals surface area contributed by atoms with E-state index in [1.165, 1.54) is 0 Å². The number of nitrogens with zero attached hydrogens (tertiary/aromatic N) is 1. The molecule has 0 spiro atoms. The summed E-state index contributed by atoms with van der Waals surface area (Å²) >= 11 is 0. The molecule has 32 heavy (non-hydrogen) atoms. The van der Waals surface area contributed by atoms with Crippen LogP contribution in [0.5, 0.6) is 0 Å². The molecule has 0 radical (unpaired) electrons. The first-order chi connectivity index (χ1) is 15.3. The van der Waals surface area contributed by atoms with Gasteiger partial charge < -0.3 is 23.8 Å². The Bertz CT molecular complexity index is 631. The Morgan fingerprint density at radius 1 is 1.09 bits per heavy atom. The number of ether oxygens (including phenoxy) is 4. The molecule has 0 amide bonds. The van der Waals surface area contributed by atoms with Crippen LogP contribution in [0.25, 0.3) is 0 Å². The van der Waals surface area contributed by atoms with Gasteiger partial charge in [0.25, 0.3) is 0 Å². The summed E-state index contributed by atoms with van der Waals surface area (Å²) in [6, 6.07) is 0. The predicted molar refractivity (Wildman–Crippen MR) is 123 cm³/mol. The van der Waals surface area contributed by atoms with Crippen molar-refractivity contribution in [2.75, 3.05) is 39.5 Å². The highest BCUT2D eigenvalue weighted by atomic mass is 16.7. The normalized spacial score (nSPS) is 19.0. The van der Waals surface area contributed by atoms with Crippen LogP contribution < -0.4 is 0 Å². The summed E-state index contributed by atoms with van der Waals surface area (Å²) in [7, 11) is 0. The molecule has 2 rings (SSSR count). The molecule has 1 aliphatic heterocycles. The Hall–Kier alpha value is -1.70. The van der Waals surface area contributed by atoms with Crippen molar-refractivity contribution in [2.24, 2.45) is 0 Å². The fourth-order valence-corrected chi connectivity index (χ4v) is 3.59. The molecule has 7 heteroatoms. The van der Waals surface area contributed by atoms with Crippen molar-refractivity contribution in [1.29, 1.82) is 0 Å². The van der Waals surface area contributed by atoms with Gasteiger partial charge in [-0.2, -0.15) is 0 Å². The van der Waals surface area contributed by atoms with E-state index in [4.69, 9.17) is 18.9 Å². The van der Waals surface area contributed by atoms with Gasteiger partial charge in [-0.1, -0.05) is 18.2 Å². The second-order valence-corrected chi connectivity index (χ2v) is 9.37. The number of rotatable bonds is 13. The zero-order chi connectivity index (χ0) is 23.2. The Morgan fingerprint density at radius 2 is 1.94 bits per heavy atom. The second-order valence-electron chi connectivity index (χ2n) is 9.37. The molecular formula is C25H41NO6. The maximum absolute atomic E-state index is 12.2. The van der Waals surface area contributed by atoms with Crippen molar-refractivity contribution in [2.45, 2.75) is 84.0 Å². The first-order valence-corrected chi connectivity index (χ1v) is 12.0. The van der Waals surface area contributed by atoms with Crippen LogP contribution in [0, 0.1) is 0 Å². The second kappa shape index (κ2) is 14.4. The highest BCUT2D eigenvalue weighted by Gasteiger charge is 2.18. The Morgan fingerprint density at radius 3 is 2.62 bits per heavy atom. The third-order valence-electron chi connectivity index (χ3n) is 5.23. The number of carbonyl (C=O) groups excluding carboxylic acids is 2. The third kappa shape index (κ3) is 12.4. The van der Waals surface area contributed by atoms with Crippen molar-refractivity contribution < 1.29 is 28.5 Å². The van der Waals surface area contributed by atoms with E-state index in [1.54, 1.807) is 0 Å². The van der Waals surface area contributed by atoms with Crippen LogP contribution in [0.15, 0.2) is 23.8 Å². The summed E-state index contributed by atoms with van der Waals surface area (Å²) in [5.74, 6) is -0.406. The summed E-state index contributed by atoms with van der Waals surface area (Å²) in [6.07, 6.45) is 12.6. The van der Waals surface area contributed by atoms with Gasteiger partial charge in [0.1, 0.15) is 12.2 Å². The number of hydrogen-bond donors (Lipinski definition) is 0. The molecule has 1 fully saturated rings. The van der Waals surface area contributed by atoms with Crippen molar-refractivity contribution in [3.05, 3.63) is 23.8 Å². The molecule has 0 aromatic carbocycles. The van der Waals surface area contributed by atoms with E-state index in [0.717, 1.165) is 44.3 Å². The molecule has 1 saturated heterocycles. The number of allylic oxidation sites excluding steroid dienone is 2. The zero-order valence-electron chi connectivity index (χ0n) is 20.1. The van der Waals surface area contributed by atoms with Crippen LogP contribution in [0.3, 0.4) is 0 Å². The SMILES string of the molecule is CC(C)(C)OC(=O)CCCN(CCOC1CCCCO1)CCC(=O)OCC1=CCCC=C1. The average Bonchev–Trinajstić information content (AvgIpc) is 2.76. The van der Waals surface area contributed by atoms with E-state index in [0.29, 0.717) is 52.1 Å². The molecule has 0 bridgehead atoms. The predicted octanol–water partition coefficient (Wildman–Crippen LogP) is 4.16. The van der Waals surface area contributed by atoms with E-state index in [1.807, 2.05) is 26.8 Å². The van der Waals surface area contributed by atoms with Gasteiger partial charge in [0.05, 0.1) is 13.0 Å². The largest absolute Gasteiger partial charge is 0.461 e. The van der Waals surface area contributed by atoms with Gasteiger partial charge in [-0.25, -0.2) is 0 Å². The maximum atomic E-state index is 12.2. The summed E-state index contributed by atoms with van der Waals surface area (Å²) in [5, 5.41) is 0. The first-order valence-electron chi connectivity index (χ1n) is 12.0.